The summed E-state index contributed by atoms with van der Waals surface area (Å²) < 4.78 is 13.1. The Morgan fingerprint density at radius 2 is 1.50 bits per heavy atom. The summed E-state index contributed by atoms with van der Waals surface area (Å²) in [5.41, 5.74) is 2.16. The molecular weight excluding hydrogens is 361 g/mol. The number of piperazine rings is 1. The first-order valence-electron chi connectivity index (χ1n) is 9.29. The highest BCUT2D eigenvalue weighted by Crippen LogP contribution is 2.26. The molecule has 0 saturated carbocycles. The molecule has 3 rings (SSSR count). The van der Waals surface area contributed by atoms with Crippen LogP contribution in [0.15, 0.2) is 42.5 Å². The highest BCUT2D eigenvalue weighted by Gasteiger charge is 2.21. The number of nitrogens with one attached hydrogen (secondary N) is 1. The molecule has 1 heterocycles. The second kappa shape index (κ2) is 8.29. The van der Waals surface area contributed by atoms with Crippen molar-refractivity contribution in [3.05, 3.63) is 53.8 Å². The van der Waals surface area contributed by atoms with Gasteiger partial charge < -0.3 is 20.2 Å². The van der Waals surface area contributed by atoms with E-state index in [2.05, 4.69) is 15.1 Å². The number of rotatable bonds is 5. The second-order valence-electron chi connectivity index (χ2n) is 7.13. The van der Waals surface area contributed by atoms with E-state index in [9.17, 15) is 19.1 Å². The highest BCUT2D eigenvalue weighted by molar-refractivity contribution is 6.01. The van der Waals surface area contributed by atoms with Crippen LogP contribution in [0.1, 0.15) is 24.2 Å². The van der Waals surface area contributed by atoms with E-state index in [4.69, 9.17) is 0 Å². The van der Waals surface area contributed by atoms with Gasteiger partial charge in [0, 0.05) is 43.5 Å². The lowest BCUT2D eigenvalue weighted by Crippen LogP contribution is -2.46. The first-order valence-corrected chi connectivity index (χ1v) is 9.29. The second-order valence-corrected chi connectivity index (χ2v) is 7.13. The Balaban J connectivity index is 1.72. The lowest BCUT2D eigenvalue weighted by molar-refractivity contribution is -0.118. The van der Waals surface area contributed by atoms with Gasteiger partial charge in [0.05, 0.1) is 11.3 Å². The number of nitrogens with zero attached hydrogens (tertiary/aromatic N) is 2. The molecule has 2 aromatic carbocycles. The quantitative estimate of drug-likeness (QED) is 0.825. The Morgan fingerprint density at radius 3 is 2.04 bits per heavy atom. The van der Waals surface area contributed by atoms with E-state index in [1.165, 1.54) is 12.1 Å². The standard InChI is InChI=1S/C21H24FN3O3/c1-14(2)20(26)23-19-8-7-17(13-18(19)21(27)28)25-11-9-24(10-12-25)16-5-3-15(22)4-6-16/h3-8,13-14H,9-12H2,1-2H3,(H,23,26)(H,27,28). The Labute approximate surface area is 163 Å². The van der Waals surface area contributed by atoms with Gasteiger partial charge in [-0.2, -0.15) is 0 Å². The number of carboxylic acids is 1. The topological polar surface area (TPSA) is 72.9 Å². The zero-order valence-corrected chi connectivity index (χ0v) is 16.0. The van der Waals surface area contributed by atoms with E-state index in [1.54, 1.807) is 38.1 Å². The molecule has 2 N–H and O–H groups in total. The molecule has 28 heavy (non-hydrogen) atoms. The van der Waals surface area contributed by atoms with Crippen molar-refractivity contribution in [2.24, 2.45) is 5.92 Å². The van der Waals surface area contributed by atoms with Crippen molar-refractivity contribution in [2.75, 3.05) is 41.3 Å². The molecule has 0 unspecified atom stereocenters. The van der Waals surface area contributed by atoms with Crippen LogP contribution in [-0.2, 0) is 4.79 Å². The molecule has 1 amide bonds. The van der Waals surface area contributed by atoms with E-state index in [1.807, 2.05) is 6.07 Å². The third-order valence-electron chi connectivity index (χ3n) is 4.85. The maximum atomic E-state index is 13.1. The fourth-order valence-corrected chi connectivity index (χ4v) is 3.17. The van der Waals surface area contributed by atoms with E-state index >= 15 is 0 Å². The summed E-state index contributed by atoms with van der Waals surface area (Å²) >= 11 is 0. The van der Waals surface area contributed by atoms with Crippen LogP contribution in [0.4, 0.5) is 21.5 Å². The van der Waals surface area contributed by atoms with Gasteiger partial charge in [-0.1, -0.05) is 13.8 Å². The molecule has 6 nitrogen and oxygen atoms in total. The van der Waals surface area contributed by atoms with Crippen molar-refractivity contribution < 1.29 is 19.1 Å². The van der Waals surface area contributed by atoms with Gasteiger partial charge in [-0.3, -0.25) is 4.79 Å². The van der Waals surface area contributed by atoms with Crippen LogP contribution < -0.4 is 15.1 Å². The van der Waals surface area contributed by atoms with E-state index in [-0.39, 0.29) is 23.2 Å². The number of benzene rings is 2. The Morgan fingerprint density at radius 1 is 0.964 bits per heavy atom. The SMILES string of the molecule is CC(C)C(=O)Nc1ccc(N2CCN(c3ccc(F)cc3)CC2)cc1C(=O)O. The minimum Gasteiger partial charge on any atom is -0.478 e. The summed E-state index contributed by atoms with van der Waals surface area (Å²) in [6.45, 7) is 6.44. The predicted molar refractivity (Wildman–Crippen MR) is 108 cm³/mol. The summed E-state index contributed by atoms with van der Waals surface area (Å²) in [7, 11) is 0. The van der Waals surface area contributed by atoms with Crippen molar-refractivity contribution in [3.8, 4) is 0 Å². The molecule has 0 aliphatic carbocycles. The first kappa shape index (κ1) is 19.7. The number of halogens is 1. The normalized spacial score (nSPS) is 14.3. The lowest BCUT2D eigenvalue weighted by atomic mass is 10.1. The van der Waals surface area contributed by atoms with Gasteiger partial charge in [0.1, 0.15) is 5.82 Å². The van der Waals surface area contributed by atoms with Gasteiger partial charge in [-0.15, -0.1) is 0 Å². The van der Waals surface area contributed by atoms with Gasteiger partial charge in [0.25, 0.3) is 0 Å². The maximum absolute atomic E-state index is 13.1. The largest absolute Gasteiger partial charge is 0.478 e. The molecule has 7 heteroatoms. The van der Waals surface area contributed by atoms with E-state index in [0.717, 1.165) is 24.5 Å². The molecule has 1 saturated heterocycles. The monoisotopic (exact) mass is 385 g/mol. The molecule has 0 radical (unpaired) electrons. The summed E-state index contributed by atoms with van der Waals surface area (Å²) in [4.78, 5) is 27.9. The van der Waals surface area contributed by atoms with Crippen molar-refractivity contribution >= 4 is 28.9 Å². The molecule has 1 aliphatic rings. The predicted octanol–water partition coefficient (Wildman–Crippen LogP) is 3.45. The summed E-state index contributed by atoms with van der Waals surface area (Å²) in [5.74, 6) is -1.79. The average molecular weight is 385 g/mol. The number of carboxylic acid groups (broad SMARTS) is 1. The van der Waals surface area contributed by atoms with Crippen LogP contribution in [0.25, 0.3) is 0 Å². The van der Waals surface area contributed by atoms with E-state index in [0.29, 0.717) is 18.8 Å². The molecule has 0 aromatic heterocycles. The first-order chi connectivity index (χ1) is 13.3. The summed E-state index contributed by atoms with van der Waals surface area (Å²) in [5, 5.41) is 12.2. The number of hydrogen-bond donors (Lipinski definition) is 2. The van der Waals surface area contributed by atoms with Crippen LogP contribution in [0.3, 0.4) is 0 Å². The minimum atomic E-state index is -1.08. The Hall–Kier alpha value is -3.09. The molecule has 2 aromatic rings. The van der Waals surface area contributed by atoms with Gasteiger partial charge >= 0.3 is 5.97 Å². The number of amides is 1. The van der Waals surface area contributed by atoms with Gasteiger partial charge in [-0.05, 0) is 42.5 Å². The van der Waals surface area contributed by atoms with Crippen LogP contribution in [0, 0.1) is 11.7 Å². The van der Waals surface area contributed by atoms with Crippen LogP contribution in [-0.4, -0.2) is 43.2 Å². The smallest absolute Gasteiger partial charge is 0.337 e. The van der Waals surface area contributed by atoms with Crippen molar-refractivity contribution in [1.82, 2.24) is 0 Å². The zero-order valence-electron chi connectivity index (χ0n) is 16.0. The van der Waals surface area contributed by atoms with E-state index < -0.39 is 5.97 Å². The van der Waals surface area contributed by atoms with Gasteiger partial charge in [-0.25, -0.2) is 9.18 Å². The Bertz CT molecular complexity index is 860. The molecular formula is C21H24FN3O3. The summed E-state index contributed by atoms with van der Waals surface area (Å²) in [6.07, 6.45) is 0. The Kier molecular flexibility index (Phi) is 5.82. The molecule has 0 bridgehead atoms. The lowest BCUT2D eigenvalue weighted by Gasteiger charge is -2.37. The number of carbonyl (C=O) groups excluding carboxylic acids is 1. The highest BCUT2D eigenvalue weighted by atomic mass is 19.1. The fourth-order valence-electron chi connectivity index (χ4n) is 3.17. The van der Waals surface area contributed by atoms with Crippen molar-refractivity contribution in [2.45, 2.75) is 13.8 Å². The van der Waals surface area contributed by atoms with Crippen LogP contribution >= 0.6 is 0 Å². The van der Waals surface area contributed by atoms with Gasteiger partial charge in [0.2, 0.25) is 5.91 Å². The molecule has 1 fully saturated rings. The fraction of sp³-hybridized carbons (Fsp3) is 0.333. The van der Waals surface area contributed by atoms with Crippen molar-refractivity contribution in [3.63, 3.8) is 0 Å². The number of aromatic carboxylic acids is 1. The molecule has 0 atom stereocenters. The van der Waals surface area contributed by atoms with Crippen molar-refractivity contribution in [1.29, 1.82) is 0 Å². The minimum absolute atomic E-state index is 0.0764. The third kappa shape index (κ3) is 4.42. The summed E-state index contributed by atoms with van der Waals surface area (Å²) in [6, 6.07) is 11.5. The molecule has 0 spiro atoms. The number of anilines is 3. The van der Waals surface area contributed by atoms with Gasteiger partial charge in [0.15, 0.2) is 0 Å². The number of carbonyl (C=O) groups is 2. The molecule has 1 aliphatic heterocycles. The number of hydrogen-bond acceptors (Lipinski definition) is 4. The maximum Gasteiger partial charge on any atom is 0.337 e. The third-order valence-corrected chi connectivity index (χ3v) is 4.85. The van der Waals surface area contributed by atoms with Crippen LogP contribution in [0.5, 0.6) is 0 Å². The molecule has 148 valence electrons. The van der Waals surface area contributed by atoms with Crippen LogP contribution in [0.2, 0.25) is 0 Å². The average Bonchev–Trinajstić information content (AvgIpc) is 2.69. The zero-order chi connectivity index (χ0) is 20.3.